The quantitative estimate of drug-likeness (QED) is 0.659. The van der Waals surface area contributed by atoms with Crippen LogP contribution >= 0.6 is 12.2 Å². The fourth-order valence-corrected chi connectivity index (χ4v) is 1.74. The average molecular weight is 214 g/mol. The van der Waals surface area contributed by atoms with Crippen LogP contribution in [0.1, 0.15) is 39.5 Å². The van der Waals surface area contributed by atoms with E-state index in [4.69, 9.17) is 18.0 Å². The van der Waals surface area contributed by atoms with Crippen LogP contribution in [0.25, 0.3) is 0 Å². The second-order valence-corrected chi connectivity index (χ2v) is 4.85. The smallest absolute Gasteiger partial charge is 0.0768 e. The summed E-state index contributed by atoms with van der Waals surface area (Å²) >= 11 is 5.01. The highest BCUT2D eigenvalue weighted by atomic mass is 32.1. The van der Waals surface area contributed by atoms with Gasteiger partial charge >= 0.3 is 0 Å². The van der Waals surface area contributed by atoms with Gasteiger partial charge in [0.05, 0.1) is 4.99 Å². The molecule has 0 bridgehead atoms. The molecule has 1 rings (SSSR count). The van der Waals surface area contributed by atoms with Gasteiger partial charge in [-0.05, 0) is 25.8 Å². The van der Waals surface area contributed by atoms with Crippen molar-refractivity contribution in [2.75, 3.05) is 13.1 Å². The van der Waals surface area contributed by atoms with Crippen molar-refractivity contribution in [1.82, 2.24) is 4.90 Å². The Morgan fingerprint density at radius 1 is 1.57 bits per heavy atom. The Bertz CT molecular complexity index is 190. The van der Waals surface area contributed by atoms with Crippen LogP contribution in [0.2, 0.25) is 0 Å². The Morgan fingerprint density at radius 3 is 2.64 bits per heavy atom. The standard InChI is InChI=1S/C11H22N2S/c1-3-4-7-13(10-5-6-10)8-9(2)11(12)14/h9-10H,3-8H2,1-2H3,(H2,12,14). The molecule has 0 heterocycles. The van der Waals surface area contributed by atoms with E-state index in [0.717, 1.165) is 12.6 Å². The van der Waals surface area contributed by atoms with Gasteiger partial charge in [0.2, 0.25) is 0 Å². The van der Waals surface area contributed by atoms with Gasteiger partial charge < -0.3 is 5.73 Å². The summed E-state index contributed by atoms with van der Waals surface area (Å²) in [6.45, 7) is 6.64. The zero-order valence-corrected chi connectivity index (χ0v) is 10.1. The van der Waals surface area contributed by atoms with Gasteiger partial charge in [0.15, 0.2) is 0 Å². The van der Waals surface area contributed by atoms with E-state index in [9.17, 15) is 0 Å². The highest BCUT2D eigenvalue weighted by molar-refractivity contribution is 7.80. The molecule has 0 aliphatic heterocycles. The van der Waals surface area contributed by atoms with Gasteiger partial charge in [-0.25, -0.2) is 0 Å². The van der Waals surface area contributed by atoms with Gasteiger partial charge in [0, 0.05) is 18.5 Å². The zero-order chi connectivity index (χ0) is 10.6. The zero-order valence-electron chi connectivity index (χ0n) is 9.33. The number of nitrogens with zero attached hydrogens (tertiary/aromatic N) is 1. The molecule has 1 unspecified atom stereocenters. The fraction of sp³-hybridized carbons (Fsp3) is 0.909. The van der Waals surface area contributed by atoms with Crippen LogP contribution in [0.4, 0.5) is 0 Å². The summed E-state index contributed by atoms with van der Waals surface area (Å²) in [6, 6.07) is 0.832. The van der Waals surface area contributed by atoms with Crippen molar-refractivity contribution in [1.29, 1.82) is 0 Å². The van der Waals surface area contributed by atoms with Crippen LogP contribution in [0.5, 0.6) is 0 Å². The average Bonchev–Trinajstić information content (AvgIpc) is 2.94. The lowest BCUT2D eigenvalue weighted by atomic mass is 10.1. The van der Waals surface area contributed by atoms with Crippen LogP contribution in [0, 0.1) is 5.92 Å². The van der Waals surface area contributed by atoms with Crippen molar-refractivity contribution >= 4 is 17.2 Å². The van der Waals surface area contributed by atoms with Gasteiger partial charge in [-0.2, -0.15) is 0 Å². The van der Waals surface area contributed by atoms with Crippen LogP contribution in [-0.4, -0.2) is 29.0 Å². The molecule has 0 saturated heterocycles. The van der Waals surface area contributed by atoms with E-state index in [-0.39, 0.29) is 0 Å². The van der Waals surface area contributed by atoms with E-state index < -0.39 is 0 Å². The monoisotopic (exact) mass is 214 g/mol. The molecule has 0 radical (unpaired) electrons. The summed E-state index contributed by atoms with van der Waals surface area (Å²) < 4.78 is 0. The first kappa shape index (κ1) is 11.9. The van der Waals surface area contributed by atoms with E-state index in [1.807, 2.05) is 0 Å². The number of thiocarbonyl (C=S) groups is 1. The van der Waals surface area contributed by atoms with E-state index in [1.54, 1.807) is 0 Å². The van der Waals surface area contributed by atoms with Crippen molar-refractivity contribution < 1.29 is 0 Å². The van der Waals surface area contributed by atoms with Crippen LogP contribution in [0.15, 0.2) is 0 Å². The highest BCUT2D eigenvalue weighted by Crippen LogP contribution is 2.27. The van der Waals surface area contributed by atoms with Crippen molar-refractivity contribution in [3.63, 3.8) is 0 Å². The molecule has 0 aromatic carbocycles. The van der Waals surface area contributed by atoms with Crippen LogP contribution in [0.3, 0.4) is 0 Å². The number of unbranched alkanes of at least 4 members (excludes halogenated alkanes) is 1. The van der Waals surface area contributed by atoms with Crippen molar-refractivity contribution in [2.24, 2.45) is 11.7 Å². The Balaban J connectivity index is 2.30. The summed E-state index contributed by atoms with van der Waals surface area (Å²) in [7, 11) is 0. The molecular weight excluding hydrogens is 192 g/mol. The maximum absolute atomic E-state index is 5.64. The third kappa shape index (κ3) is 3.93. The first-order valence-corrected chi connectivity index (χ1v) is 6.09. The molecule has 1 aliphatic carbocycles. The molecule has 0 spiro atoms. The summed E-state index contributed by atoms with van der Waals surface area (Å²) in [4.78, 5) is 3.22. The summed E-state index contributed by atoms with van der Waals surface area (Å²) in [6.07, 6.45) is 5.30. The molecule has 2 nitrogen and oxygen atoms in total. The number of hydrogen-bond acceptors (Lipinski definition) is 2. The lowest BCUT2D eigenvalue weighted by molar-refractivity contribution is 0.245. The van der Waals surface area contributed by atoms with Gasteiger partial charge in [0.1, 0.15) is 0 Å². The predicted molar refractivity (Wildman–Crippen MR) is 65.5 cm³/mol. The molecule has 0 aromatic heterocycles. The molecule has 0 amide bonds. The largest absolute Gasteiger partial charge is 0.393 e. The first-order valence-electron chi connectivity index (χ1n) is 5.68. The van der Waals surface area contributed by atoms with Crippen molar-refractivity contribution in [3.8, 4) is 0 Å². The maximum Gasteiger partial charge on any atom is 0.0768 e. The van der Waals surface area contributed by atoms with E-state index in [0.29, 0.717) is 10.9 Å². The second kappa shape index (κ2) is 5.66. The fourth-order valence-electron chi connectivity index (χ4n) is 1.67. The molecule has 2 N–H and O–H groups in total. The first-order chi connectivity index (χ1) is 6.65. The Labute approximate surface area is 92.8 Å². The number of nitrogens with two attached hydrogens (primary N) is 1. The minimum absolute atomic E-state index is 0.363. The lowest BCUT2D eigenvalue weighted by Gasteiger charge is -2.24. The third-order valence-electron chi connectivity index (χ3n) is 2.86. The maximum atomic E-state index is 5.64. The minimum atomic E-state index is 0.363. The van der Waals surface area contributed by atoms with Crippen molar-refractivity contribution in [2.45, 2.75) is 45.6 Å². The molecule has 1 aliphatic rings. The van der Waals surface area contributed by atoms with Gasteiger partial charge in [-0.1, -0.05) is 32.5 Å². The van der Waals surface area contributed by atoms with E-state index in [2.05, 4.69) is 18.7 Å². The number of hydrogen-bond donors (Lipinski definition) is 1. The molecule has 1 fully saturated rings. The van der Waals surface area contributed by atoms with E-state index in [1.165, 1.54) is 32.2 Å². The molecule has 82 valence electrons. The molecule has 0 aromatic rings. The molecule has 1 saturated carbocycles. The molecule has 14 heavy (non-hydrogen) atoms. The molecule has 3 heteroatoms. The lowest BCUT2D eigenvalue weighted by Crippen LogP contribution is -2.36. The Hall–Kier alpha value is -0.150. The SMILES string of the molecule is CCCCN(CC(C)C(N)=S)C1CC1. The third-order valence-corrected chi connectivity index (χ3v) is 3.26. The molecular formula is C11H22N2S. The van der Waals surface area contributed by atoms with Crippen LogP contribution < -0.4 is 5.73 Å². The minimum Gasteiger partial charge on any atom is -0.393 e. The highest BCUT2D eigenvalue weighted by Gasteiger charge is 2.29. The van der Waals surface area contributed by atoms with Gasteiger partial charge in [-0.15, -0.1) is 0 Å². The Kier molecular flexibility index (Phi) is 4.82. The summed E-state index contributed by atoms with van der Waals surface area (Å²) in [5.74, 6) is 0.363. The summed E-state index contributed by atoms with van der Waals surface area (Å²) in [5, 5.41) is 0. The number of rotatable bonds is 7. The second-order valence-electron chi connectivity index (χ2n) is 4.38. The van der Waals surface area contributed by atoms with Crippen LogP contribution in [-0.2, 0) is 0 Å². The predicted octanol–water partition coefficient (Wildman–Crippen LogP) is 2.17. The Morgan fingerprint density at radius 2 is 2.21 bits per heavy atom. The topological polar surface area (TPSA) is 29.3 Å². The van der Waals surface area contributed by atoms with Gasteiger partial charge in [-0.3, -0.25) is 4.90 Å². The van der Waals surface area contributed by atoms with Crippen molar-refractivity contribution in [3.05, 3.63) is 0 Å². The summed E-state index contributed by atoms with van der Waals surface area (Å²) in [5.41, 5.74) is 5.64. The van der Waals surface area contributed by atoms with E-state index >= 15 is 0 Å². The van der Waals surface area contributed by atoms with Gasteiger partial charge in [0.25, 0.3) is 0 Å². The molecule has 1 atom stereocenters. The normalized spacial score (nSPS) is 18.5.